The van der Waals surface area contributed by atoms with E-state index >= 15 is 0 Å². The number of para-hydroxylation sites is 1. The quantitative estimate of drug-likeness (QED) is 0.676. The first-order valence-electron chi connectivity index (χ1n) is 5.38. The number of aromatic hydroxyl groups is 2. The molecule has 0 atom stereocenters. The fourth-order valence-corrected chi connectivity index (χ4v) is 1.18. The lowest BCUT2D eigenvalue weighted by atomic mass is 10.3. The van der Waals surface area contributed by atoms with E-state index in [1.807, 2.05) is 6.07 Å². The van der Waals surface area contributed by atoms with Crippen LogP contribution in [-0.2, 0) is 4.79 Å². The smallest absolute Gasteiger partial charge is 0.221 e. The van der Waals surface area contributed by atoms with E-state index in [9.17, 15) is 4.79 Å². The van der Waals surface area contributed by atoms with Gasteiger partial charge in [-0.05, 0) is 36.4 Å². The molecule has 2 aromatic rings. The SMILES string of the molecule is CC(=O)Nc1ccc(O)cc1.Oc1ccccc1. The third kappa shape index (κ3) is 5.55. The summed E-state index contributed by atoms with van der Waals surface area (Å²) >= 11 is 0. The van der Waals surface area contributed by atoms with Crippen LogP contribution >= 0.6 is 0 Å². The zero-order chi connectivity index (χ0) is 13.4. The van der Waals surface area contributed by atoms with Crippen LogP contribution in [0.3, 0.4) is 0 Å². The van der Waals surface area contributed by atoms with Gasteiger partial charge in [0.25, 0.3) is 0 Å². The van der Waals surface area contributed by atoms with E-state index in [-0.39, 0.29) is 11.7 Å². The fourth-order valence-electron chi connectivity index (χ4n) is 1.18. The molecule has 18 heavy (non-hydrogen) atoms. The summed E-state index contributed by atoms with van der Waals surface area (Å²) in [6.45, 7) is 1.44. The van der Waals surface area contributed by atoms with Gasteiger partial charge in [-0.25, -0.2) is 0 Å². The summed E-state index contributed by atoms with van der Waals surface area (Å²) in [5, 5.41) is 20.1. The second-order valence-electron chi connectivity index (χ2n) is 3.56. The Labute approximate surface area is 106 Å². The molecule has 0 aromatic heterocycles. The number of carbonyl (C=O) groups excluding carboxylic acids is 1. The van der Waals surface area contributed by atoms with Crippen LogP contribution < -0.4 is 5.32 Å². The summed E-state index contributed by atoms with van der Waals surface area (Å²) < 4.78 is 0. The average molecular weight is 245 g/mol. The molecular weight excluding hydrogens is 230 g/mol. The molecule has 0 spiro atoms. The topological polar surface area (TPSA) is 69.6 Å². The third-order valence-electron chi connectivity index (χ3n) is 1.94. The predicted molar refractivity (Wildman–Crippen MR) is 70.5 cm³/mol. The van der Waals surface area contributed by atoms with Gasteiger partial charge in [-0.1, -0.05) is 18.2 Å². The van der Waals surface area contributed by atoms with Gasteiger partial charge < -0.3 is 15.5 Å². The number of nitrogens with one attached hydrogen (secondary N) is 1. The van der Waals surface area contributed by atoms with E-state index in [2.05, 4.69) is 5.32 Å². The lowest BCUT2D eigenvalue weighted by Gasteiger charge is -1.99. The first-order valence-corrected chi connectivity index (χ1v) is 5.38. The van der Waals surface area contributed by atoms with Gasteiger partial charge in [0, 0.05) is 12.6 Å². The van der Waals surface area contributed by atoms with Gasteiger partial charge in [-0.3, -0.25) is 4.79 Å². The van der Waals surface area contributed by atoms with Gasteiger partial charge in [-0.15, -0.1) is 0 Å². The molecule has 0 aliphatic carbocycles. The van der Waals surface area contributed by atoms with Gasteiger partial charge in [0.2, 0.25) is 5.91 Å². The Morgan fingerprint density at radius 1 is 0.889 bits per heavy atom. The number of carbonyl (C=O) groups is 1. The minimum absolute atomic E-state index is 0.115. The summed E-state index contributed by atoms with van der Waals surface area (Å²) in [5.41, 5.74) is 0.690. The summed E-state index contributed by atoms with van der Waals surface area (Å²) in [6.07, 6.45) is 0. The van der Waals surface area contributed by atoms with Crippen molar-refractivity contribution in [2.45, 2.75) is 6.92 Å². The summed E-state index contributed by atoms with van der Waals surface area (Å²) in [4.78, 5) is 10.5. The monoisotopic (exact) mass is 245 g/mol. The molecule has 3 N–H and O–H groups in total. The molecule has 0 radical (unpaired) electrons. The number of phenolic OH excluding ortho intramolecular Hbond substituents is 2. The summed E-state index contributed by atoms with van der Waals surface area (Å²) in [5.74, 6) is 0.400. The molecule has 0 aliphatic heterocycles. The van der Waals surface area contributed by atoms with Crippen LogP contribution in [0.2, 0.25) is 0 Å². The maximum absolute atomic E-state index is 10.5. The van der Waals surface area contributed by atoms with Crippen LogP contribution in [0, 0.1) is 0 Å². The number of rotatable bonds is 1. The van der Waals surface area contributed by atoms with E-state index in [0.29, 0.717) is 11.4 Å². The third-order valence-corrected chi connectivity index (χ3v) is 1.94. The van der Waals surface area contributed by atoms with Crippen molar-refractivity contribution >= 4 is 11.6 Å². The lowest BCUT2D eigenvalue weighted by Crippen LogP contribution is -2.04. The number of anilines is 1. The number of amides is 1. The molecule has 2 rings (SSSR count). The Morgan fingerprint density at radius 2 is 1.39 bits per heavy atom. The first-order chi connectivity index (χ1) is 8.58. The highest BCUT2D eigenvalue weighted by molar-refractivity contribution is 5.88. The van der Waals surface area contributed by atoms with E-state index in [0.717, 1.165) is 0 Å². The van der Waals surface area contributed by atoms with Gasteiger partial charge in [-0.2, -0.15) is 0 Å². The molecule has 0 unspecified atom stereocenters. The molecule has 0 heterocycles. The summed E-state index contributed by atoms with van der Waals surface area (Å²) in [6, 6.07) is 15.0. The van der Waals surface area contributed by atoms with Crippen LogP contribution in [0.25, 0.3) is 0 Å². The molecule has 2 aromatic carbocycles. The predicted octanol–water partition coefficient (Wildman–Crippen LogP) is 2.74. The zero-order valence-corrected chi connectivity index (χ0v) is 10.00. The van der Waals surface area contributed by atoms with Crippen molar-refractivity contribution in [3.8, 4) is 11.5 Å². The number of hydrogen-bond acceptors (Lipinski definition) is 3. The molecular formula is C14H15NO3. The molecule has 0 fully saturated rings. The second-order valence-corrected chi connectivity index (χ2v) is 3.56. The van der Waals surface area contributed by atoms with Crippen LogP contribution in [0.1, 0.15) is 6.92 Å². The second kappa shape index (κ2) is 6.96. The number of benzene rings is 2. The molecule has 4 heteroatoms. The van der Waals surface area contributed by atoms with Crippen molar-refractivity contribution in [3.05, 3.63) is 54.6 Å². The Morgan fingerprint density at radius 3 is 1.78 bits per heavy atom. The largest absolute Gasteiger partial charge is 0.508 e. The van der Waals surface area contributed by atoms with E-state index in [4.69, 9.17) is 10.2 Å². The van der Waals surface area contributed by atoms with Gasteiger partial charge >= 0.3 is 0 Å². The van der Waals surface area contributed by atoms with Gasteiger partial charge in [0.1, 0.15) is 11.5 Å². The fraction of sp³-hybridized carbons (Fsp3) is 0.0714. The van der Waals surface area contributed by atoms with Crippen LogP contribution in [0.5, 0.6) is 11.5 Å². The molecule has 0 saturated carbocycles. The maximum Gasteiger partial charge on any atom is 0.221 e. The Hall–Kier alpha value is -2.49. The Balaban J connectivity index is 0.000000199. The van der Waals surface area contributed by atoms with Crippen molar-refractivity contribution in [2.75, 3.05) is 5.32 Å². The molecule has 0 aliphatic rings. The number of phenols is 2. The molecule has 0 bridgehead atoms. The normalized spacial score (nSPS) is 8.94. The molecule has 1 amide bonds. The average Bonchev–Trinajstić information content (AvgIpc) is 2.33. The standard InChI is InChI=1S/C8H9NO2.C6H6O/c1-6(10)9-7-2-4-8(11)5-3-7;7-6-4-2-1-3-5-6/h2-5,11H,1H3,(H,9,10);1-5,7H. The van der Waals surface area contributed by atoms with E-state index < -0.39 is 0 Å². The molecule has 0 saturated heterocycles. The highest BCUT2D eigenvalue weighted by Gasteiger charge is 1.93. The van der Waals surface area contributed by atoms with Gasteiger partial charge in [0.05, 0.1) is 0 Å². The Kier molecular flexibility index (Phi) is 5.25. The van der Waals surface area contributed by atoms with Crippen LogP contribution in [0.15, 0.2) is 54.6 Å². The minimum Gasteiger partial charge on any atom is -0.508 e. The molecule has 4 nitrogen and oxygen atoms in total. The highest BCUT2D eigenvalue weighted by Crippen LogP contribution is 2.13. The molecule has 94 valence electrons. The van der Waals surface area contributed by atoms with Gasteiger partial charge in [0.15, 0.2) is 0 Å². The van der Waals surface area contributed by atoms with Crippen molar-refractivity contribution < 1.29 is 15.0 Å². The first kappa shape index (κ1) is 13.6. The minimum atomic E-state index is -0.115. The maximum atomic E-state index is 10.5. The van der Waals surface area contributed by atoms with Crippen molar-refractivity contribution in [1.29, 1.82) is 0 Å². The van der Waals surface area contributed by atoms with Crippen molar-refractivity contribution in [3.63, 3.8) is 0 Å². The Bertz CT molecular complexity index is 480. The number of hydrogen-bond donors (Lipinski definition) is 3. The zero-order valence-electron chi connectivity index (χ0n) is 10.00. The van der Waals surface area contributed by atoms with Crippen LogP contribution in [-0.4, -0.2) is 16.1 Å². The van der Waals surface area contributed by atoms with E-state index in [1.54, 1.807) is 36.4 Å². The van der Waals surface area contributed by atoms with E-state index in [1.165, 1.54) is 19.1 Å². The summed E-state index contributed by atoms with van der Waals surface area (Å²) in [7, 11) is 0. The lowest BCUT2D eigenvalue weighted by molar-refractivity contribution is -0.114. The van der Waals surface area contributed by atoms with Crippen LogP contribution in [0.4, 0.5) is 5.69 Å². The van der Waals surface area contributed by atoms with Crippen molar-refractivity contribution in [1.82, 2.24) is 0 Å². The highest BCUT2D eigenvalue weighted by atomic mass is 16.3. The van der Waals surface area contributed by atoms with Crippen molar-refractivity contribution in [2.24, 2.45) is 0 Å².